The number of hydrogen-bond donors (Lipinski definition) is 2. The van der Waals surface area contributed by atoms with Crippen molar-refractivity contribution >= 4 is 12.0 Å². The van der Waals surface area contributed by atoms with Crippen LogP contribution in [-0.4, -0.2) is 68.2 Å². The minimum Gasteiger partial charge on any atom is -0.497 e. The number of nitrogens with one attached hydrogen (secondary N) is 2. The molecule has 0 radical (unpaired) electrons. The Morgan fingerprint density at radius 2 is 1.62 bits per heavy atom. The quantitative estimate of drug-likeness (QED) is 0.585. The predicted octanol–water partition coefficient (Wildman–Crippen LogP) is 2.68. The molecule has 1 atom stereocenters. The zero-order chi connectivity index (χ0) is 23.9. The number of amides is 2. The molecule has 180 valence electrons. The van der Waals surface area contributed by atoms with E-state index in [2.05, 4.69) is 44.7 Å². The predicted molar refractivity (Wildman–Crippen MR) is 129 cm³/mol. The number of urea groups is 1. The molecule has 4 rings (SSSR count). The van der Waals surface area contributed by atoms with Crippen molar-refractivity contribution in [2.45, 2.75) is 19.5 Å². The van der Waals surface area contributed by atoms with Crippen LogP contribution in [-0.2, 0) is 16.1 Å². The smallest absolute Gasteiger partial charge is 0.338 e. The molecule has 2 aliphatic rings. The second kappa shape index (κ2) is 11.2. The second-order valence-electron chi connectivity index (χ2n) is 8.46. The van der Waals surface area contributed by atoms with Crippen molar-refractivity contribution in [2.75, 3.05) is 46.4 Å². The molecule has 8 nitrogen and oxygen atoms in total. The maximum atomic E-state index is 13.0. The van der Waals surface area contributed by atoms with Gasteiger partial charge in [-0.05, 0) is 30.2 Å². The van der Waals surface area contributed by atoms with Crippen LogP contribution in [0.3, 0.4) is 0 Å². The Hall–Kier alpha value is -3.36. The molecular weight excluding hydrogens is 432 g/mol. The number of carbonyl (C=O) groups is 2. The van der Waals surface area contributed by atoms with Gasteiger partial charge in [-0.3, -0.25) is 9.80 Å². The number of esters is 1. The van der Waals surface area contributed by atoms with E-state index in [1.54, 1.807) is 14.0 Å². The first-order valence-electron chi connectivity index (χ1n) is 11.7. The van der Waals surface area contributed by atoms with E-state index in [1.165, 1.54) is 5.56 Å². The maximum Gasteiger partial charge on any atom is 0.338 e. The van der Waals surface area contributed by atoms with E-state index in [0.717, 1.165) is 38.3 Å². The van der Waals surface area contributed by atoms with Gasteiger partial charge >= 0.3 is 12.0 Å². The number of ether oxygens (including phenoxy) is 2. The topological polar surface area (TPSA) is 83.1 Å². The normalized spacial score (nSPS) is 19.4. The van der Waals surface area contributed by atoms with E-state index >= 15 is 0 Å². The van der Waals surface area contributed by atoms with Gasteiger partial charge in [0.25, 0.3) is 0 Å². The molecule has 2 heterocycles. The lowest BCUT2D eigenvalue weighted by molar-refractivity contribution is -0.139. The molecule has 1 saturated heterocycles. The first-order valence-corrected chi connectivity index (χ1v) is 11.7. The second-order valence-corrected chi connectivity index (χ2v) is 8.46. The van der Waals surface area contributed by atoms with Crippen LogP contribution >= 0.6 is 0 Å². The van der Waals surface area contributed by atoms with Crippen LogP contribution in [0.2, 0.25) is 0 Å². The van der Waals surface area contributed by atoms with Gasteiger partial charge in [0.05, 0.1) is 25.3 Å². The number of nitrogens with zero attached hydrogens (tertiary/aromatic N) is 2. The Balaban J connectivity index is 1.51. The van der Waals surface area contributed by atoms with Gasteiger partial charge in [0.15, 0.2) is 0 Å². The Labute approximate surface area is 200 Å². The van der Waals surface area contributed by atoms with E-state index < -0.39 is 12.0 Å². The molecule has 8 heteroatoms. The molecule has 34 heavy (non-hydrogen) atoms. The molecule has 0 bridgehead atoms. The lowest BCUT2D eigenvalue weighted by Gasteiger charge is -2.37. The van der Waals surface area contributed by atoms with Crippen LogP contribution in [0.25, 0.3) is 0 Å². The summed E-state index contributed by atoms with van der Waals surface area (Å²) in [6, 6.07) is 16.9. The van der Waals surface area contributed by atoms with Crippen LogP contribution in [0, 0.1) is 0 Å². The van der Waals surface area contributed by atoms with E-state index in [1.807, 2.05) is 30.3 Å². The molecule has 0 spiro atoms. The summed E-state index contributed by atoms with van der Waals surface area (Å²) in [4.78, 5) is 30.2. The average Bonchev–Trinajstić information content (AvgIpc) is 2.86. The molecular formula is C26H32N4O4. The summed E-state index contributed by atoms with van der Waals surface area (Å²) in [6.07, 6.45) is 0. The third-order valence-electron chi connectivity index (χ3n) is 6.19. The van der Waals surface area contributed by atoms with E-state index in [4.69, 9.17) is 9.47 Å². The van der Waals surface area contributed by atoms with E-state index in [0.29, 0.717) is 23.6 Å². The summed E-state index contributed by atoms with van der Waals surface area (Å²) in [6.45, 7) is 6.99. The molecule has 0 aromatic heterocycles. The summed E-state index contributed by atoms with van der Waals surface area (Å²) in [7, 11) is 1.60. The van der Waals surface area contributed by atoms with Crippen LogP contribution in [0.1, 0.15) is 24.1 Å². The third kappa shape index (κ3) is 5.76. The highest BCUT2D eigenvalue weighted by atomic mass is 16.5. The Kier molecular flexibility index (Phi) is 7.82. The molecule has 1 fully saturated rings. The van der Waals surface area contributed by atoms with Gasteiger partial charge in [-0.2, -0.15) is 0 Å². The van der Waals surface area contributed by atoms with Crippen molar-refractivity contribution in [1.82, 2.24) is 20.4 Å². The molecule has 2 N–H and O–H groups in total. The fourth-order valence-corrected chi connectivity index (χ4v) is 4.41. The van der Waals surface area contributed by atoms with Crippen LogP contribution in [0.5, 0.6) is 5.75 Å². The SMILES string of the molecule is CCOC(=O)C1=C(CN2CCN(Cc3ccccc3)CC2)NC(=O)NC1c1ccc(OC)cc1. The minimum atomic E-state index is -0.590. The fraction of sp³-hybridized carbons (Fsp3) is 0.385. The largest absolute Gasteiger partial charge is 0.497 e. The first kappa shape index (κ1) is 23.8. The van der Waals surface area contributed by atoms with E-state index in [9.17, 15) is 9.59 Å². The number of piperazine rings is 1. The highest BCUT2D eigenvalue weighted by Crippen LogP contribution is 2.29. The number of benzene rings is 2. The van der Waals surface area contributed by atoms with E-state index in [-0.39, 0.29) is 12.6 Å². The van der Waals surface area contributed by atoms with Gasteiger partial charge in [0, 0.05) is 45.0 Å². The molecule has 2 amide bonds. The Bertz CT molecular complexity index is 1010. The van der Waals surface area contributed by atoms with Crippen molar-refractivity contribution < 1.29 is 19.1 Å². The summed E-state index contributed by atoms with van der Waals surface area (Å²) in [5.41, 5.74) is 3.14. The molecule has 0 saturated carbocycles. The average molecular weight is 465 g/mol. The number of carbonyl (C=O) groups excluding carboxylic acids is 2. The minimum absolute atomic E-state index is 0.261. The fourth-order valence-electron chi connectivity index (χ4n) is 4.41. The lowest BCUT2D eigenvalue weighted by Crippen LogP contribution is -2.51. The van der Waals surface area contributed by atoms with Gasteiger partial charge in [-0.1, -0.05) is 42.5 Å². The summed E-state index contributed by atoms with van der Waals surface area (Å²) in [5.74, 6) is 0.285. The van der Waals surface area contributed by atoms with Crippen molar-refractivity contribution in [3.05, 3.63) is 77.0 Å². The monoisotopic (exact) mass is 464 g/mol. The summed E-state index contributed by atoms with van der Waals surface area (Å²) < 4.78 is 10.6. The lowest BCUT2D eigenvalue weighted by atomic mass is 9.94. The van der Waals surface area contributed by atoms with Crippen molar-refractivity contribution in [3.8, 4) is 5.75 Å². The van der Waals surface area contributed by atoms with Crippen molar-refractivity contribution in [2.24, 2.45) is 0 Å². The van der Waals surface area contributed by atoms with Crippen LogP contribution in [0.15, 0.2) is 65.9 Å². The Morgan fingerprint density at radius 1 is 0.971 bits per heavy atom. The summed E-state index contributed by atoms with van der Waals surface area (Å²) in [5, 5.41) is 5.76. The molecule has 2 aliphatic heterocycles. The highest BCUT2D eigenvalue weighted by molar-refractivity contribution is 5.95. The van der Waals surface area contributed by atoms with Gasteiger partial charge in [0.1, 0.15) is 5.75 Å². The Morgan fingerprint density at radius 3 is 2.24 bits per heavy atom. The van der Waals surface area contributed by atoms with Gasteiger partial charge < -0.3 is 20.1 Å². The first-order chi connectivity index (χ1) is 16.6. The van der Waals surface area contributed by atoms with Crippen molar-refractivity contribution in [1.29, 1.82) is 0 Å². The number of hydrogen-bond acceptors (Lipinski definition) is 6. The summed E-state index contributed by atoms with van der Waals surface area (Å²) >= 11 is 0. The maximum absolute atomic E-state index is 13.0. The molecule has 2 aromatic carbocycles. The zero-order valence-corrected chi connectivity index (χ0v) is 19.8. The third-order valence-corrected chi connectivity index (χ3v) is 6.19. The molecule has 1 unspecified atom stereocenters. The van der Waals surface area contributed by atoms with Crippen LogP contribution in [0.4, 0.5) is 4.79 Å². The van der Waals surface area contributed by atoms with Gasteiger partial charge in [0.2, 0.25) is 0 Å². The van der Waals surface area contributed by atoms with Crippen LogP contribution < -0.4 is 15.4 Å². The zero-order valence-electron chi connectivity index (χ0n) is 19.8. The van der Waals surface area contributed by atoms with Crippen molar-refractivity contribution in [3.63, 3.8) is 0 Å². The van der Waals surface area contributed by atoms with Gasteiger partial charge in [-0.15, -0.1) is 0 Å². The number of rotatable bonds is 8. The van der Waals surface area contributed by atoms with Gasteiger partial charge in [-0.25, -0.2) is 9.59 Å². The molecule has 0 aliphatic carbocycles. The standard InChI is InChI=1S/C26H32N4O4/c1-3-34-25(31)23-22(27-26(32)28-24(23)20-9-11-21(33-2)12-10-20)18-30-15-13-29(14-16-30)17-19-7-5-4-6-8-19/h4-12,24H,3,13-18H2,1-2H3,(H2,27,28,32). The molecule has 2 aromatic rings. The number of methoxy groups -OCH3 is 1. The highest BCUT2D eigenvalue weighted by Gasteiger charge is 2.34.